The summed E-state index contributed by atoms with van der Waals surface area (Å²) >= 11 is 0. The molecule has 118 valence electrons. The molecule has 0 aliphatic carbocycles. The number of aromatic nitrogens is 1. The highest BCUT2D eigenvalue weighted by molar-refractivity contribution is 5.80. The molecule has 2 aromatic carbocycles. The zero-order valence-electron chi connectivity index (χ0n) is 12.7. The lowest BCUT2D eigenvalue weighted by atomic mass is 10.2. The molecule has 23 heavy (non-hydrogen) atoms. The summed E-state index contributed by atoms with van der Waals surface area (Å²) in [5, 5.41) is 15.6. The van der Waals surface area contributed by atoms with Gasteiger partial charge in [0, 0.05) is 11.2 Å². The molecular weight excluding hydrogens is 294 g/mol. The maximum atomic E-state index is 11.3. The van der Waals surface area contributed by atoms with Crippen LogP contribution in [-0.2, 0) is 6.54 Å². The van der Waals surface area contributed by atoms with E-state index in [9.17, 15) is 10.1 Å². The highest BCUT2D eigenvalue weighted by Crippen LogP contribution is 2.35. The molecule has 0 unspecified atom stereocenters. The predicted octanol–water partition coefficient (Wildman–Crippen LogP) is 4.09. The molecular formula is C17H17N3O3. The molecule has 0 bridgehead atoms. The van der Waals surface area contributed by atoms with Crippen LogP contribution in [0, 0.1) is 10.1 Å². The predicted molar refractivity (Wildman–Crippen MR) is 89.9 cm³/mol. The molecule has 0 radical (unpaired) electrons. The van der Waals surface area contributed by atoms with Crippen LogP contribution in [0.3, 0.4) is 0 Å². The van der Waals surface area contributed by atoms with Crippen molar-refractivity contribution >= 4 is 22.3 Å². The molecule has 0 aliphatic heterocycles. The third kappa shape index (κ3) is 3.11. The van der Waals surface area contributed by atoms with Crippen LogP contribution in [0.2, 0.25) is 0 Å². The number of nitrogens with zero attached hydrogens (tertiary/aromatic N) is 1. The van der Waals surface area contributed by atoms with E-state index in [1.165, 1.54) is 0 Å². The Morgan fingerprint density at radius 1 is 1.22 bits per heavy atom. The van der Waals surface area contributed by atoms with Crippen LogP contribution in [-0.4, -0.2) is 16.5 Å². The van der Waals surface area contributed by atoms with Gasteiger partial charge in [-0.05, 0) is 36.6 Å². The Bertz CT molecular complexity index is 809. The minimum absolute atomic E-state index is 0.0366. The third-order valence-corrected chi connectivity index (χ3v) is 3.54. The lowest BCUT2D eigenvalue weighted by Gasteiger charge is -2.09. The van der Waals surface area contributed by atoms with E-state index in [2.05, 4.69) is 10.3 Å². The second-order valence-electron chi connectivity index (χ2n) is 5.08. The Kier molecular flexibility index (Phi) is 4.14. The first-order valence-electron chi connectivity index (χ1n) is 7.39. The molecule has 0 amide bonds. The summed E-state index contributed by atoms with van der Waals surface area (Å²) in [6.07, 6.45) is 0. The van der Waals surface area contributed by atoms with Crippen molar-refractivity contribution < 1.29 is 9.66 Å². The van der Waals surface area contributed by atoms with Crippen molar-refractivity contribution in [3.8, 4) is 5.75 Å². The fraction of sp³-hybridized carbons (Fsp3) is 0.176. The summed E-state index contributed by atoms with van der Waals surface area (Å²) in [7, 11) is 0. The number of hydrogen-bond donors (Lipinski definition) is 2. The number of rotatable bonds is 6. The number of nitro groups is 1. The quantitative estimate of drug-likeness (QED) is 0.531. The average Bonchev–Trinajstić information content (AvgIpc) is 2.96. The summed E-state index contributed by atoms with van der Waals surface area (Å²) in [6.45, 7) is 2.64. The molecule has 1 heterocycles. The lowest BCUT2D eigenvalue weighted by Crippen LogP contribution is -2.05. The fourth-order valence-corrected chi connectivity index (χ4v) is 2.54. The first-order valence-corrected chi connectivity index (χ1v) is 7.39. The van der Waals surface area contributed by atoms with E-state index in [-0.39, 0.29) is 11.4 Å². The maximum Gasteiger partial charge on any atom is 0.333 e. The van der Waals surface area contributed by atoms with E-state index in [1.807, 2.05) is 30.3 Å². The second kappa shape index (κ2) is 6.39. The zero-order chi connectivity index (χ0) is 16.2. The van der Waals surface area contributed by atoms with Gasteiger partial charge < -0.3 is 15.0 Å². The molecule has 0 aliphatic rings. The van der Waals surface area contributed by atoms with E-state index in [0.29, 0.717) is 18.8 Å². The number of anilines is 1. The molecule has 0 saturated carbocycles. The van der Waals surface area contributed by atoms with Gasteiger partial charge in [-0.25, -0.2) is 0 Å². The van der Waals surface area contributed by atoms with Gasteiger partial charge in [0.1, 0.15) is 5.69 Å². The van der Waals surface area contributed by atoms with Crippen molar-refractivity contribution in [3.63, 3.8) is 0 Å². The van der Waals surface area contributed by atoms with E-state index >= 15 is 0 Å². The van der Waals surface area contributed by atoms with Crippen molar-refractivity contribution in [2.75, 3.05) is 11.9 Å². The summed E-state index contributed by atoms with van der Waals surface area (Å²) in [6, 6.07) is 15.0. The van der Waals surface area contributed by atoms with Gasteiger partial charge in [-0.15, -0.1) is 0 Å². The van der Waals surface area contributed by atoms with Gasteiger partial charge in [0.25, 0.3) is 0 Å². The zero-order valence-corrected chi connectivity index (χ0v) is 12.7. The number of hydrogen-bond acceptors (Lipinski definition) is 4. The van der Waals surface area contributed by atoms with Gasteiger partial charge >= 0.3 is 5.69 Å². The van der Waals surface area contributed by atoms with Gasteiger partial charge in [-0.3, -0.25) is 10.1 Å². The number of H-pyrrole nitrogens is 1. The molecule has 6 heteroatoms. The van der Waals surface area contributed by atoms with Crippen LogP contribution in [0.5, 0.6) is 5.75 Å². The number of aromatic amines is 1. The van der Waals surface area contributed by atoms with Crippen LogP contribution in [0.1, 0.15) is 12.6 Å². The number of ether oxygens (including phenoxy) is 1. The van der Waals surface area contributed by atoms with E-state index in [0.717, 1.165) is 16.6 Å². The summed E-state index contributed by atoms with van der Waals surface area (Å²) in [5.74, 6) is 0.277. The molecule has 1 aromatic heterocycles. The SMILES string of the molecule is CCOc1cccc(NCc2cc3ccccc3[nH]2)c1[N+](=O)[O-]. The van der Waals surface area contributed by atoms with Crippen LogP contribution in [0.4, 0.5) is 11.4 Å². The monoisotopic (exact) mass is 311 g/mol. The normalized spacial score (nSPS) is 10.7. The second-order valence-corrected chi connectivity index (χ2v) is 5.08. The Morgan fingerprint density at radius 3 is 2.78 bits per heavy atom. The van der Waals surface area contributed by atoms with Gasteiger partial charge in [0.2, 0.25) is 0 Å². The van der Waals surface area contributed by atoms with E-state index < -0.39 is 4.92 Å². The molecule has 0 fully saturated rings. The smallest absolute Gasteiger partial charge is 0.333 e. The van der Waals surface area contributed by atoms with Gasteiger partial charge in [-0.1, -0.05) is 24.3 Å². The molecule has 0 spiro atoms. The number of nitro benzene ring substituents is 1. The van der Waals surface area contributed by atoms with Crippen molar-refractivity contribution in [1.82, 2.24) is 4.98 Å². The van der Waals surface area contributed by atoms with Gasteiger partial charge in [-0.2, -0.15) is 0 Å². The molecule has 3 rings (SSSR count). The lowest BCUT2D eigenvalue weighted by molar-refractivity contribution is -0.384. The minimum atomic E-state index is -0.418. The molecule has 0 saturated heterocycles. The highest BCUT2D eigenvalue weighted by Gasteiger charge is 2.20. The van der Waals surface area contributed by atoms with Gasteiger partial charge in [0.05, 0.1) is 18.1 Å². The number of para-hydroxylation sites is 2. The third-order valence-electron chi connectivity index (χ3n) is 3.54. The van der Waals surface area contributed by atoms with Crippen LogP contribution >= 0.6 is 0 Å². The van der Waals surface area contributed by atoms with Crippen molar-refractivity contribution in [1.29, 1.82) is 0 Å². The highest BCUT2D eigenvalue weighted by atomic mass is 16.6. The summed E-state index contributed by atoms with van der Waals surface area (Å²) < 4.78 is 5.35. The Morgan fingerprint density at radius 2 is 2.04 bits per heavy atom. The maximum absolute atomic E-state index is 11.3. The Hall–Kier alpha value is -3.02. The average molecular weight is 311 g/mol. The summed E-state index contributed by atoms with van der Waals surface area (Å²) in [5.41, 5.74) is 2.41. The van der Waals surface area contributed by atoms with E-state index in [1.54, 1.807) is 25.1 Å². The van der Waals surface area contributed by atoms with E-state index in [4.69, 9.17) is 4.74 Å². The van der Waals surface area contributed by atoms with Crippen LogP contribution in [0.25, 0.3) is 10.9 Å². The Balaban J connectivity index is 1.84. The topological polar surface area (TPSA) is 80.2 Å². The van der Waals surface area contributed by atoms with Gasteiger partial charge in [0.15, 0.2) is 5.75 Å². The first kappa shape index (κ1) is 14.9. The van der Waals surface area contributed by atoms with Crippen molar-refractivity contribution in [2.45, 2.75) is 13.5 Å². The molecule has 0 atom stereocenters. The Labute approximate surface area is 133 Å². The number of nitrogens with one attached hydrogen (secondary N) is 2. The first-order chi connectivity index (χ1) is 11.2. The van der Waals surface area contributed by atoms with Crippen molar-refractivity contribution in [3.05, 3.63) is 64.3 Å². The summed E-state index contributed by atoms with van der Waals surface area (Å²) in [4.78, 5) is 14.2. The largest absolute Gasteiger partial charge is 0.487 e. The number of benzene rings is 2. The van der Waals surface area contributed by atoms with Crippen molar-refractivity contribution in [2.24, 2.45) is 0 Å². The molecule has 2 N–H and O–H groups in total. The fourth-order valence-electron chi connectivity index (χ4n) is 2.54. The molecule has 6 nitrogen and oxygen atoms in total. The molecule has 3 aromatic rings. The van der Waals surface area contributed by atoms with Crippen LogP contribution in [0.15, 0.2) is 48.5 Å². The minimum Gasteiger partial charge on any atom is -0.487 e. The standard InChI is InChI=1S/C17H17N3O3/c1-2-23-16-9-5-8-15(17(16)20(21)22)18-11-13-10-12-6-3-4-7-14(12)19-13/h3-10,18-19H,2,11H2,1H3. The number of fused-ring (bicyclic) bond motifs is 1. The van der Waals surface area contributed by atoms with Crippen LogP contribution < -0.4 is 10.1 Å².